The van der Waals surface area contributed by atoms with Crippen LogP contribution in [0.2, 0.25) is 10.0 Å². The lowest BCUT2D eigenvalue weighted by Crippen LogP contribution is -2.29. The van der Waals surface area contributed by atoms with Crippen molar-refractivity contribution in [1.29, 1.82) is 0 Å². The number of halogens is 5. The molecule has 5 rings (SSSR count). The van der Waals surface area contributed by atoms with Gasteiger partial charge in [0.2, 0.25) is 0 Å². The van der Waals surface area contributed by atoms with Crippen molar-refractivity contribution in [2.75, 3.05) is 12.4 Å². The molecule has 3 nitrogen and oxygen atoms in total. The number of hydrogen-bond acceptors (Lipinski definition) is 3. The van der Waals surface area contributed by atoms with Gasteiger partial charge in [0.05, 0.1) is 23.3 Å². The maximum atomic E-state index is 14.9. The molecular formula is C26H20Br2Cl2FNO2. The second-order valence-electron chi connectivity index (χ2n) is 8.39. The highest BCUT2D eigenvalue weighted by atomic mass is 79.9. The fraction of sp³-hybridized carbons (Fsp3) is 0.231. The highest BCUT2D eigenvalue weighted by Crippen LogP contribution is 2.52. The molecule has 0 aromatic heterocycles. The minimum Gasteiger partial charge on any atom is -0.493 e. The molecule has 176 valence electrons. The molecule has 3 aromatic carbocycles. The van der Waals surface area contributed by atoms with E-state index in [0.717, 1.165) is 32.1 Å². The lowest BCUT2D eigenvalue weighted by atomic mass is 9.77. The summed E-state index contributed by atoms with van der Waals surface area (Å²) >= 11 is 19.4. The van der Waals surface area contributed by atoms with Crippen molar-refractivity contribution in [3.63, 3.8) is 0 Å². The van der Waals surface area contributed by atoms with Gasteiger partial charge in [0.25, 0.3) is 0 Å². The van der Waals surface area contributed by atoms with Crippen molar-refractivity contribution in [2.24, 2.45) is 5.92 Å². The molecule has 3 atom stereocenters. The summed E-state index contributed by atoms with van der Waals surface area (Å²) in [5.74, 6) is 1.29. The van der Waals surface area contributed by atoms with Crippen LogP contribution in [0.1, 0.15) is 35.1 Å². The summed E-state index contributed by atoms with van der Waals surface area (Å²) in [4.78, 5) is 0. The molecule has 1 aliphatic heterocycles. The molecule has 0 amide bonds. The van der Waals surface area contributed by atoms with E-state index in [1.54, 1.807) is 19.2 Å². The van der Waals surface area contributed by atoms with Gasteiger partial charge in [-0.2, -0.15) is 0 Å². The Morgan fingerprint density at radius 2 is 1.94 bits per heavy atom. The highest BCUT2D eigenvalue weighted by molar-refractivity contribution is 9.10. The number of ether oxygens (including phenoxy) is 2. The van der Waals surface area contributed by atoms with Crippen LogP contribution in [0.5, 0.6) is 11.5 Å². The van der Waals surface area contributed by atoms with E-state index < -0.39 is 0 Å². The normalized spacial score (nSPS) is 20.5. The summed E-state index contributed by atoms with van der Waals surface area (Å²) in [5, 5.41) is 4.58. The van der Waals surface area contributed by atoms with Crippen LogP contribution in [-0.2, 0) is 6.61 Å². The Morgan fingerprint density at radius 3 is 2.71 bits per heavy atom. The second kappa shape index (κ2) is 9.73. The number of fused-ring (bicyclic) bond motifs is 3. The van der Waals surface area contributed by atoms with Gasteiger partial charge in [0.1, 0.15) is 12.4 Å². The van der Waals surface area contributed by atoms with Crippen molar-refractivity contribution in [1.82, 2.24) is 0 Å². The quantitative estimate of drug-likeness (QED) is 0.286. The molecule has 0 spiro atoms. The van der Waals surface area contributed by atoms with Gasteiger partial charge < -0.3 is 14.8 Å². The van der Waals surface area contributed by atoms with Crippen LogP contribution in [0, 0.1) is 11.7 Å². The Labute approximate surface area is 224 Å². The maximum absolute atomic E-state index is 14.9. The van der Waals surface area contributed by atoms with Crippen LogP contribution in [0.4, 0.5) is 10.1 Å². The van der Waals surface area contributed by atoms with Crippen molar-refractivity contribution >= 4 is 60.7 Å². The SMILES string of the molecule is COc1cc([C@@H]2Nc3c(F)cc(Br)cc3[C@@H]3C=CC[C@@H]32)cc(Br)c1OCc1ccc(Cl)cc1Cl. The Hall–Kier alpha value is -1.73. The van der Waals surface area contributed by atoms with E-state index in [-0.39, 0.29) is 30.3 Å². The molecule has 0 radical (unpaired) electrons. The minimum absolute atomic E-state index is 0.0897. The number of methoxy groups -OCH3 is 1. The number of allylic oxidation sites excluding steroid dienone is 2. The predicted molar refractivity (Wildman–Crippen MR) is 142 cm³/mol. The van der Waals surface area contributed by atoms with Gasteiger partial charge in [-0.15, -0.1) is 0 Å². The number of anilines is 1. The van der Waals surface area contributed by atoms with E-state index >= 15 is 0 Å². The Bertz CT molecular complexity index is 1300. The minimum atomic E-state index is -0.265. The number of benzene rings is 3. The van der Waals surface area contributed by atoms with Crippen molar-refractivity contribution in [2.45, 2.75) is 25.0 Å². The lowest BCUT2D eigenvalue weighted by molar-refractivity contribution is 0.282. The summed E-state index contributed by atoms with van der Waals surface area (Å²) in [6.45, 7) is 0.258. The summed E-state index contributed by atoms with van der Waals surface area (Å²) in [7, 11) is 1.61. The first kappa shape index (κ1) is 24.0. The molecule has 1 heterocycles. The van der Waals surface area contributed by atoms with Gasteiger partial charge in [-0.1, -0.05) is 57.4 Å². The van der Waals surface area contributed by atoms with Crippen LogP contribution in [0.25, 0.3) is 0 Å². The molecule has 0 saturated heterocycles. The van der Waals surface area contributed by atoms with Crippen LogP contribution in [0.3, 0.4) is 0 Å². The van der Waals surface area contributed by atoms with E-state index in [1.807, 2.05) is 24.3 Å². The monoisotopic (exact) mass is 625 g/mol. The molecule has 0 unspecified atom stereocenters. The summed E-state index contributed by atoms with van der Waals surface area (Å²) < 4.78 is 28.2. The zero-order chi connectivity index (χ0) is 24.0. The van der Waals surface area contributed by atoms with Gasteiger partial charge in [0, 0.05) is 26.0 Å². The number of rotatable bonds is 5. The first-order valence-corrected chi connectivity index (χ1v) is 13.1. The zero-order valence-corrected chi connectivity index (χ0v) is 22.7. The molecule has 3 aromatic rings. The topological polar surface area (TPSA) is 30.5 Å². The maximum Gasteiger partial charge on any atom is 0.175 e. The molecule has 1 N–H and O–H groups in total. The van der Waals surface area contributed by atoms with Crippen molar-refractivity contribution < 1.29 is 13.9 Å². The smallest absolute Gasteiger partial charge is 0.175 e. The standard InChI is InChI=1S/C26H20Br2Cl2FNO2/c1-33-23-8-14(7-20(28)26(23)34-12-13-5-6-16(29)11-21(13)30)24-18-4-2-3-17(18)19-9-15(27)10-22(31)25(19)32-24/h2-3,5-11,17-18,24,32H,4,12H2,1H3/t17-,18+,24+/m1/s1. The van der Waals surface area contributed by atoms with Crippen molar-refractivity contribution in [3.8, 4) is 11.5 Å². The third-order valence-electron chi connectivity index (χ3n) is 6.38. The summed E-state index contributed by atoms with van der Waals surface area (Å²) in [5.41, 5.74) is 3.34. The Morgan fingerprint density at radius 1 is 1.12 bits per heavy atom. The molecule has 0 bridgehead atoms. The average Bonchev–Trinajstić information content (AvgIpc) is 3.29. The molecule has 34 heavy (non-hydrogen) atoms. The molecule has 2 aliphatic rings. The molecule has 0 saturated carbocycles. The first-order chi connectivity index (χ1) is 16.4. The Kier molecular flexibility index (Phi) is 6.86. The third-order valence-corrected chi connectivity index (χ3v) is 8.02. The van der Waals surface area contributed by atoms with Crippen LogP contribution in [-0.4, -0.2) is 7.11 Å². The largest absolute Gasteiger partial charge is 0.493 e. The van der Waals surface area contributed by atoms with Crippen LogP contribution >= 0.6 is 55.1 Å². The highest BCUT2D eigenvalue weighted by Gasteiger charge is 2.39. The van der Waals surface area contributed by atoms with E-state index in [4.69, 9.17) is 32.7 Å². The van der Waals surface area contributed by atoms with E-state index in [9.17, 15) is 4.39 Å². The average molecular weight is 628 g/mol. The van der Waals surface area contributed by atoms with E-state index in [2.05, 4.69) is 49.3 Å². The van der Waals surface area contributed by atoms with Crippen LogP contribution < -0.4 is 14.8 Å². The fourth-order valence-corrected chi connectivity index (χ4v) is 6.28. The summed E-state index contributed by atoms with van der Waals surface area (Å²) in [6.07, 6.45) is 5.27. The van der Waals surface area contributed by atoms with Crippen LogP contribution in [0.15, 0.2) is 63.6 Å². The molecule has 1 aliphatic carbocycles. The zero-order valence-electron chi connectivity index (χ0n) is 18.0. The lowest BCUT2D eigenvalue weighted by Gasteiger charge is -2.38. The number of hydrogen-bond donors (Lipinski definition) is 1. The van der Waals surface area contributed by atoms with Crippen molar-refractivity contribution in [3.05, 3.63) is 96.1 Å². The molecule has 8 heteroatoms. The predicted octanol–water partition coefficient (Wildman–Crippen LogP) is 9.07. The van der Waals surface area contributed by atoms with Gasteiger partial charge in [-0.05, 0) is 75.8 Å². The van der Waals surface area contributed by atoms with Gasteiger partial charge in [-0.25, -0.2) is 4.39 Å². The fourth-order valence-electron chi connectivity index (χ4n) is 4.80. The second-order valence-corrected chi connectivity index (χ2v) is 11.0. The molecular weight excluding hydrogens is 608 g/mol. The number of nitrogens with one attached hydrogen (secondary N) is 1. The first-order valence-electron chi connectivity index (χ1n) is 10.7. The van der Waals surface area contributed by atoms with E-state index in [0.29, 0.717) is 27.2 Å². The van der Waals surface area contributed by atoms with Gasteiger partial charge in [-0.3, -0.25) is 0 Å². The Balaban J connectivity index is 1.47. The van der Waals surface area contributed by atoms with Gasteiger partial charge >= 0.3 is 0 Å². The van der Waals surface area contributed by atoms with Gasteiger partial charge in [0.15, 0.2) is 11.5 Å². The van der Waals surface area contributed by atoms with E-state index in [1.165, 1.54) is 6.07 Å². The molecule has 0 fully saturated rings. The third kappa shape index (κ3) is 4.46. The summed E-state index contributed by atoms with van der Waals surface area (Å²) in [6, 6.07) is 12.7.